The largest absolute Gasteiger partial charge is 0.380 e. The standard InChI is InChI=1S/C18H38N4O2.HI/c1-5-16(6-2)17(22-10-13-24-14-11-22)15-21-18(19-7-3)20-9-12-23-8-4;/h16-17H,5-15H2,1-4H3,(H2,19,20,21);1H. The van der Waals surface area contributed by atoms with Gasteiger partial charge >= 0.3 is 0 Å². The van der Waals surface area contributed by atoms with E-state index >= 15 is 0 Å². The fraction of sp³-hybridized carbons (Fsp3) is 0.944. The zero-order valence-corrected chi connectivity index (χ0v) is 18.9. The number of morpholine rings is 1. The first-order valence-electron chi connectivity index (χ1n) is 9.68. The van der Waals surface area contributed by atoms with Crippen molar-refractivity contribution in [1.29, 1.82) is 0 Å². The lowest BCUT2D eigenvalue weighted by Gasteiger charge is -2.38. The molecule has 7 heteroatoms. The first-order valence-corrected chi connectivity index (χ1v) is 9.68. The van der Waals surface area contributed by atoms with E-state index in [0.29, 0.717) is 18.6 Å². The van der Waals surface area contributed by atoms with Gasteiger partial charge in [-0.3, -0.25) is 9.89 Å². The molecule has 0 aliphatic carbocycles. The van der Waals surface area contributed by atoms with Crippen LogP contribution in [0.4, 0.5) is 0 Å². The van der Waals surface area contributed by atoms with E-state index < -0.39 is 0 Å². The fourth-order valence-corrected chi connectivity index (χ4v) is 3.22. The van der Waals surface area contributed by atoms with Gasteiger partial charge in [0.25, 0.3) is 0 Å². The van der Waals surface area contributed by atoms with Gasteiger partial charge in [0.15, 0.2) is 5.96 Å². The molecule has 1 heterocycles. The molecule has 6 nitrogen and oxygen atoms in total. The van der Waals surface area contributed by atoms with Gasteiger partial charge < -0.3 is 20.1 Å². The van der Waals surface area contributed by atoms with E-state index in [1.807, 2.05) is 6.92 Å². The van der Waals surface area contributed by atoms with Crippen molar-refractivity contribution in [2.75, 3.05) is 59.2 Å². The fourth-order valence-electron chi connectivity index (χ4n) is 3.22. The Hall–Kier alpha value is -0.120. The molecule has 0 bridgehead atoms. The van der Waals surface area contributed by atoms with E-state index in [4.69, 9.17) is 14.5 Å². The second-order valence-electron chi connectivity index (χ2n) is 6.14. The molecule has 1 fully saturated rings. The molecular formula is C18H39IN4O2. The van der Waals surface area contributed by atoms with Gasteiger partial charge in [-0.15, -0.1) is 24.0 Å². The highest BCUT2D eigenvalue weighted by Gasteiger charge is 2.26. The van der Waals surface area contributed by atoms with Crippen LogP contribution in [-0.2, 0) is 9.47 Å². The van der Waals surface area contributed by atoms with Crippen LogP contribution < -0.4 is 10.6 Å². The zero-order valence-electron chi connectivity index (χ0n) is 16.6. The first-order chi connectivity index (χ1) is 11.8. The van der Waals surface area contributed by atoms with E-state index in [9.17, 15) is 0 Å². The van der Waals surface area contributed by atoms with Crippen molar-refractivity contribution < 1.29 is 9.47 Å². The molecule has 1 saturated heterocycles. The Kier molecular flexibility index (Phi) is 16.0. The highest BCUT2D eigenvalue weighted by Crippen LogP contribution is 2.20. The van der Waals surface area contributed by atoms with Crippen LogP contribution in [0.1, 0.15) is 40.5 Å². The number of aliphatic imine (C=N–C) groups is 1. The minimum Gasteiger partial charge on any atom is -0.380 e. The molecule has 2 N–H and O–H groups in total. The maximum atomic E-state index is 5.52. The summed E-state index contributed by atoms with van der Waals surface area (Å²) in [6.45, 7) is 16.4. The smallest absolute Gasteiger partial charge is 0.191 e. The Labute approximate surface area is 171 Å². The molecule has 0 radical (unpaired) electrons. The highest BCUT2D eigenvalue weighted by atomic mass is 127. The highest BCUT2D eigenvalue weighted by molar-refractivity contribution is 14.0. The number of nitrogens with zero attached hydrogens (tertiary/aromatic N) is 2. The molecule has 150 valence electrons. The van der Waals surface area contributed by atoms with Crippen LogP contribution in [0.15, 0.2) is 4.99 Å². The predicted molar refractivity (Wildman–Crippen MR) is 116 cm³/mol. The van der Waals surface area contributed by atoms with E-state index in [0.717, 1.165) is 58.5 Å². The molecule has 0 saturated carbocycles. The Morgan fingerprint density at radius 3 is 2.36 bits per heavy atom. The maximum Gasteiger partial charge on any atom is 0.191 e. The van der Waals surface area contributed by atoms with Crippen LogP contribution in [0.3, 0.4) is 0 Å². The normalized spacial score (nSPS) is 17.2. The van der Waals surface area contributed by atoms with Gasteiger partial charge in [-0.1, -0.05) is 26.7 Å². The Morgan fingerprint density at radius 2 is 1.80 bits per heavy atom. The number of halogens is 1. The summed E-state index contributed by atoms with van der Waals surface area (Å²) >= 11 is 0. The van der Waals surface area contributed by atoms with Crippen molar-refractivity contribution in [3.05, 3.63) is 0 Å². The van der Waals surface area contributed by atoms with Gasteiger partial charge in [-0.2, -0.15) is 0 Å². The number of guanidine groups is 1. The second-order valence-corrected chi connectivity index (χ2v) is 6.14. The van der Waals surface area contributed by atoms with Crippen molar-refractivity contribution in [2.45, 2.75) is 46.6 Å². The number of ether oxygens (including phenoxy) is 2. The molecule has 1 aliphatic heterocycles. The quantitative estimate of drug-likeness (QED) is 0.210. The van der Waals surface area contributed by atoms with E-state index in [2.05, 4.69) is 36.3 Å². The summed E-state index contributed by atoms with van der Waals surface area (Å²) in [5.74, 6) is 1.57. The maximum absolute atomic E-state index is 5.52. The average Bonchev–Trinajstić information content (AvgIpc) is 2.62. The molecule has 0 aromatic carbocycles. The number of rotatable bonds is 11. The van der Waals surface area contributed by atoms with E-state index in [1.165, 1.54) is 12.8 Å². The molecular weight excluding hydrogens is 431 g/mol. The summed E-state index contributed by atoms with van der Waals surface area (Å²) in [4.78, 5) is 7.42. The number of hydrogen-bond donors (Lipinski definition) is 2. The van der Waals surface area contributed by atoms with Gasteiger partial charge in [0, 0.05) is 38.8 Å². The first kappa shape index (κ1) is 24.9. The molecule has 0 spiro atoms. The second kappa shape index (κ2) is 16.1. The molecule has 1 unspecified atom stereocenters. The van der Waals surface area contributed by atoms with Crippen LogP contribution in [0.5, 0.6) is 0 Å². The minimum absolute atomic E-state index is 0. The lowest BCUT2D eigenvalue weighted by atomic mass is 9.92. The summed E-state index contributed by atoms with van der Waals surface area (Å²) in [6.07, 6.45) is 2.39. The van der Waals surface area contributed by atoms with Gasteiger partial charge in [0.05, 0.1) is 26.4 Å². The third-order valence-corrected chi connectivity index (χ3v) is 4.63. The Morgan fingerprint density at radius 1 is 1.12 bits per heavy atom. The Bertz CT molecular complexity index is 335. The lowest BCUT2D eigenvalue weighted by molar-refractivity contribution is 0.00395. The van der Waals surface area contributed by atoms with Crippen molar-refractivity contribution in [2.24, 2.45) is 10.9 Å². The SMILES string of the molecule is CCNC(=NCC(C(CC)CC)N1CCOCC1)NCCOCC.I. The van der Waals surface area contributed by atoms with Crippen molar-refractivity contribution in [3.8, 4) is 0 Å². The summed E-state index contributed by atoms with van der Waals surface area (Å²) in [6, 6.07) is 0.492. The number of hydrogen-bond acceptors (Lipinski definition) is 4. The third-order valence-electron chi connectivity index (χ3n) is 4.63. The summed E-state index contributed by atoms with van der Waals surface area (Å²) < 4.78 is 10.9. The van der Waals surface area contributed by atoms with Gasteiger partial charge in [-0.25, -0.2) is 0 Å². The topological polar surface area (TPSA) is 58.1 Å². The molecule has 0 amide bonds. The van der Waals surface area contributed by atoms with Crippen LogP contribution in [0, 0.1) is 5.92 Å². The summed E-state index contributed by atoms with van der Waals surface area (Å²) in [5.41, 5.74) is 0. The van der Waals surface area contributed by atoms with Crippen LogP contribution in [-0.4, -0.2) is 76.1 Å². The molecule has 0 aromatic heterocycles. The van der Waals surface area contributed by atoms with Crippen molar-refractivity contribution >= 4 is 29.9 Å². The predicted octanol–water partition coefficient (Wildman–Crippen LogP) is 2.33. The molecule has 25 heavy (non-hydrogen) atoms. The Balaban J connectivity index is 0.00000576. The third kappa shape index (κ3) is 9.96. The summed E-state index contributed by atoms with van der Waals surface area (Å²) in [5, 5.41) is 6.69. The van der Waals surface area contributed by atoms with E-state index in [-0.39, 0.29) is 24.0 Å². The summed E-state index contributed by atoms with van der Waals surface area (Å²) in [7, 11) is 0. The van der Waals surface area contributed by atoms with Crippen molar-refractivity contribution in [3.63, 3.8) is 0 Å². The van der Waals surface area contributed by atoms with Gasteiger partial charge in [0.1, 0.15) is 0 Å². The van der Waals surface area contributed by atoms with Gasteiger partial charge in [0.2, 0.25) is 0 Å². The van der Waals surface area contributed by atoms with Crippen LogP contribution >= 0.6 is 24.0 Å². The lowest BCUT2D eigenvalue weighted by Crippen LogP contribution is -2.49. The zero-order chi connectivity index (χ0) is 17.6. The molecule has 1 atom stereocenters. The van der Waals surface area contributed by atoms with Gasteiger partial charge in [-0.05, 0) is 19.8 Å². The van der Waals surface area contributed by atoms with E-state index in [1.54, 1.807) is 0 Å². The molecule has 1 aliphatic rings. The molecule has 0 aromatic rings. The van der Waals surface area contributed by atoms with Crippen molar-refractivity contribution in [1.82, 2.24) is 15.5 Å². The molecule has 1 rings (SSSR count). The average molecular weight is 470 g/mol. The minimum atomic E-state index is 0. The monoisotopic (exact) mass is 470 g/mol. The number of nitrogens with one attached hydrogen (secondary N) is 2. The van der Waals surface area contributed by atoms with Crippen LogP contribution in [0.2, 0.25) is 0 Å². The van der Waals surface area contributed by atoms with Crippen LogP contribution in [0.25, 0.3) is 0 Å².